The predicted molar refractivity (Wildman–Crippen MR) is 104 cm³/mol. The summed E-state index contributed by atoms with van der Waals surface area (Å²) in [5.74, 6) is 1.67. The third-order valence-corrected chi connectivity index (χ3v) is 5.25. The summed E-state index contributed by atoms with van der Waals surface area (Å²) in [4.78, 5) is 14.7. The SMILES string of the molecule is CC(C)Oc1ccc(CN2CCCC(CNC(=O)C3CCCN3)C2)cc1. The van der Waals surface area contributed by atoms with E-state index in [0.29, 0.717) is 5.92 Å². The lowest BCUT2D eigenvalue weighted by Crippen LogP contribution is -2.45. The summed E-state index contributed by atoms with van der Waals surface area (Å²) in [6, 6.07) is 8.47. The highest BCUT2D eigenvalue weighted by Crippen LogP contribution is 2.20. The molecule has 26 heavy (non-hydrogen) atoms. The number of carbonyl (C=O) groups is 1. The molecule has 2 heterocycles. The van der Waals surface area contributed by atoms with E-state index < -0.39 is 0 Å². The van der Waals surface area contributed by atoms with E-state index in [-0.39, 0.29) is 18.1 Å². The molecule has 144 valence electrons. The van der Waals surface area contributed by atoms with Crippen LogP contribution in [0.5, 0.6) is 5.75 Å². The van der Waals surface area contributed by atoms with E-state index in [2.05, 4.69) is 39.8 Å². The zero-order valence-corrected chi connectivity index (χ0v) is 16.2. The van der Waals surface area contributed by atoms with Gasteiger partial charge in [-0.05, 0) is 76.2 Å². The van der Waals surface area contributed by atoms with Crippen LogP contribution in [-0.2, 0) is 11.3 Å². The van der Waals surface area contributed by atoms with Crippen LogP contribution in [0.1, 0.15) is 45.1 Å². The first-order chi connectivity index (χ1) is 12.6. The fraction of sp³-hybridized carbons (Fsp3) is 0.667. The molecule has 2 aliphatic rings. The lowest BCUT2D eigenvalue weighted by atomic mass is 9.97. The van der Waals surface area contributed by atoms with Crippen molar-refractivity contribution in [2.75, 3.05) is 26.2 Å². The first kappa shape index (κ1) is 19.2. The predicted octanol–water partition coefficient (Wildman–Crippen LogP) is 2.55. The normalized spacial score (nSPS) is 24.0. The lowest BCUT2D eigenvalue weighted by molar-refractivity contribution is -0.123. The summed E-state index contributed by atoms with van der Waals surface area (Å²) in [6.45, 7) is 9.02. The van der Waals surface area contributed by atoms with Gasteiger partial charge in [-0.25, -0.2) is 0 Å². The van der Waals surface area contributed by atoms with Crippen LogP contribution in [0.25, 0.3) is 0 Å². The highest BCUT2D eigenvalue weighted by Gasteiger charge is 2.24. The van der Waals surface area contributed by atoms with Gasteiger partial charge in [0.2, 0.25) is 5.91 Å². The molecular formula is C21H33N3O2. The molecule has 0 radical (unpaired) electrons. The molecule has 2 unspecified atom stereocenters. The van der Waals surface area contributed by atoms with Gasteiger partial charge < -0.3 is 15.4 Å². The van der Waals surface area contributed by atoms with Gasteiger partial charge in [-0.3, -0.25) is 9.69 Å². The van der Waals surface area contributed by atoms with Crippen LogP contribution < -0.4 is 15.4 Å². The van der Waals surface area contributed by atoms with E-state index in [1.165, 1.54) is 18.4 Å². The van der Waals surface area contributed by atoms with Crippen molar-refractivity contribution in [3.05, 3.63) is 29.8 Å². The minimum absolute atomic E-state index is 0.0290. The number of nitrogens with zero attached hydrogens (tertiary/aromatic N) is 1. The smallest absolute Gasteiger partial charge is 0.237 e. The average molecular weight is 360 g/mol. The van der Waals surface area contributed by atoms with E-state index in [1.54, 1.807) is 0 Å². The number of hydrogen-bond acceptors (Lipinski definition) is 4. The second kappa shape index (κ2) is 9.38. The molecule has 5 heteroatoms. The maximum atomic E-state index is 12.2. The van der Waals surface area contributed by atoms with Gasteiger partial charge in [0.15, 0.2) is 0 Å². The fourth-order valence-corrected chi connectivity index (χ4v) is 3.94. The minimum atomic E-state index is 0.0290. The standard InChI is InChI=1S/C21H33N3O2/c1-16(2)26-19-9-7-17(8-10-19)14-24-12-4-5-18(15-24)13-23-21(25)20-6-3-11-22-20/h7-10,16,18,20,22H,3-6,11-15H2,1-2H3,(H,23,25). The molecule has 2 saturated heterocycles. The molecule has 1 aromatic carbocycles. The summed E-state index contributed by atoms with van der Waals surface area (Å²) >= 11 is 0. The second-order valence-electron chi connectivity index (χ2n) is 7.95. The Morgan fingerprint density at radius 1 is 1.27 bits per heavy atom. The van der Waals surface area contributed by atoms with Crippen LogP contribution in [0.4, 0.5) is 0 Å². The average Bonchev–Trinajstić information content (AvgIpc) is 3.16. The van der Waals surface area contributed by atoms with Crippen molar-refractivity contribution < 1.29 is 9.53 Å². The number of carbonyl (C=O) groups excluding carboxylic acids is 1. The quantitative estimate of drug-likeness (QED) is 0.786. The Balaban J connectivity index is 1.43. The van der Waals surface area contributed by atoms with Crippen LogP contribution >= 0.6 is 0 Å². The molecule has 3 rings (SSSR count). The zero-order valence-electron chi connectivity index (χ0n) is 16.2. The van der Waals surface area contributed by atoms with E-state index in [0.717, 1.165) is 51.3 Å². The van der Waals surface area contributed by atoms with Gasteiger partial charge in [0.25, 0.3) is 0 Å². The number of rotatable bonds is 7. The van der Waals surface area contributed by atoms with Crippen molar-refractivity contribution in [3.8, 4) is 5.75 Å². The van der Waals surface area contributed by atoms with Crippen LogP contribution in [-0.4, -0.2) is 49.1 Å². The third-order valence-electron chi connectivity index (χ3n) is 5.25. The topological polar surface area (TPSA) is 53.6 Å². The Kier molecular flexibility index (Phi) is 6.92. The van der Waals surface area contributed by atoms with E-state index in [9.17, 15) is 4.79 Å². The molecule has 2 N–H and O–H groups in total. The Morgan fingerprint density at radius 3 is 2.77 bits per heavy atom. The summed E-state index contributed by atoms with van der Waals surface area (Å²) < 4.78 is 5.71. The monoisotopic (exact) mass is 359 g/mol. The maximum Gasteiger partial charge on any atom is 0.237 e. The van der Waals surface area contributed by atoms with Crippen LogP contribution in [0, 0.1) is 5.92 Å². The number of benzene rings is 1. The summed E-state index contributed by atoms with van der Waals surface area (Å²) in [5, 5.41) is 6.43. The van der Waals surface area contributed by atoms with Crippen molar-refractivity contribution >= 4 is 5.91 Å². The Labute approximate surface area is 157 Å². The molecular weight excluding hydrogens is 326 g/mol. The zero-order chi connectivity index (χ0) is 18.4. The van der Waals surface area contributed by atoms with Gasteiger partial charge in [-0.1, -0.05) is 12.1 Å². The van der Waals surface area contributed by atoms with Crippen LogP contribution in [0.2, 0.25) is 0 Å². The van der Waals surface area contributed by atoms with Crippen molar-refractivity contribution in [1.82, 2.24) is 15.5 Å². The van der Waals surface area contributed by atoms with Gasteiger partial charge in [0.05, 0.1) is 12.1 Å². The number of nitrogens with one attached hydrogen (secondary N) is 2. The highest BCUT2D eigenvalue weighted by atomic mass is 16.5. The van der Waals surface area contributed by atoms with Crippen molar-refractivity contribution in [2.45, 2.75) is 58.2 Å². The molecule has 0 aliphatic carbocycles. The van der Waals surface area contributed by atoms with Gasteiger partial charge in [-0.2, -0.15) is 0 Å². The number of likely N-dealkylation sites (tertiary alicyclic amines) is 1. The van der Waals surface area contributed by atoms with Crippen LogP contribution in [0.15, 0.2) is 24.3 Å². The fourth-order valence-electron chi connectivity index (χ4n) is 3.94. The molecule has 1 aromatic rings. The Hall–Kier alpha value is -1.59. The number of ether oxygens (including phenoxy) is 1. The largest absolute Gasteiger partial charge is 0.491 e. The molecule has 2 aliphatic heterocycles. The number of amides is 1. The molecule has 0 bridgehead atoms. The van der Waals surface area contributed by atoms with E-state index in [1.807, 2.05) is 13.8 Å². The Morgan fingerprint density at radius 2 is 2.08 bits per heavy atom. The first-order valence-electron chi connectivity index (χ1n) is 10.1. The van der Waals surface area contributed by atoms with Crippen molar-refractivity contribution in [2.24, 2.45) is 5.92 Å². The van der Waals surface area contributed by atoms with Gasteiger partial charge in [-0.15, -0.1) is 0 Å². The van der Waals surface area contributed by atoms with Gasteiger partial charge in [0, 0.05) is 19.6 Å². The Bertz CT molecular complexity index is 567. The van der Waals surface area contributed by atoms with Crippen molar-refractivity contribution in [1.29, 1.82) is 0 Å². The third kappa shape index (κ3) is 5.71. The van der Waals surface area contributed by atoms with Gasteiger partial charge in [0.1, 0.15) is 5.75 Å². The summed E-state index contributed by atoms with van der Waals surface area (Å²) in [7, 11) is 0. The lowest BCUT2D eigenvalue weighted by Gasteiger charge is -2.33. The molecule has 2 fully saturated rings. The number of hydrogen-bond donors (Lipinski definition) is 2. The first-order valence-corrected chi connectivity index (χ1v) is 10.1. The molecule has 0 aromatic heterocycles. The van der Waals surface area contributed by atoms with Crippen molar-refractivity contribution in [3.63, 3.8) is 0 Å². The molecule has 0 spiro atoms. The molecule has 5 nitrogen and oxygen atoms in total. The number of piperidine rings is 1. The van der Waals surface area contributed by atoms with E-state index in [4.69, 9.17) is 4.74 Å². The maximum absolute atomic E-state index is 12.2. The van der Waals surface area contributed by atoms with Crippen LogP contribution in [0.3, 0.4) is 0 Å². The minimum Gasteiger partial charge on any atom is -0.491 e. The van der Waals surface area contributed by atoms with E-state index >= 15 is 0 Å². The highest BCUT2D eigenvalue weighted by molar-refractivity contribution is 5.81. The molecule has 1 amide bonds. The second-order valence-corrected chi connectivity index (χ2v) is 7.95. The summed E-state index contributed by atoms with van der Waals surface area (Å²) in [6.07, 6.45) is 4.70. The molecule has 2 atom stereocenters. The molecule has 0 saturated carbocycles. The summed E-state index contributed by atoms with van der Waals surface area (Å²) in [5.41, 5.74) is 1.32. The van der Waals surface area contributed by atoms with Gasteiger partial charge >= 0.3 is 0 Å².